The lowest BCUT2D eigenvalue weighted by molar-refractivity contribution is 0.296. The average Bonchev–Trinajstić information content (AvgIpc) is 2.42. The Bertz CT molecular complexity index is 207. The zero-order chi connectivity index (χ0) is 12.9. The Morgan fingerprint density at radius 1 is 1.18 bits per heavy atom. The summed E-state index contributed by atoms with van der Waals surface area (Å²) in [6.45, 7) is 10.1. The van der Waals surface area contributed by atoms with Crippen molar-refractivity contribution in [2.24, 2.45) is 17.1 Å². The lowest BCUT2D eigenvalue weighted by Crippen LogP contribution is -2.39. The predicted molar refractivity (Wildman–Crippen MR) is 76.1 cm³/mol. The van der Waals surface area contributed by atoms with Crippen LogP contribution in [0.4, 0.5) is 0 Å². The molecule has 0 bridgehead atoms. The molecule has 0 aromatic carbocycles. The third-order valence-corrected chi connectivity index (χ3v) is 4.26. The van der Waals surface area contributed by atoms with Gasteiger partial charge in [-0.05, 0) is 43.6 Å². The molecule has 0 aromatic heterocycles. The quantitative estimate of drug-likeness (QED) is 0.740. The average molecular weight is 240 g/mol. The number of nitrogens with one attached hydrogen (secondary N) is 1. The molecule has 17 heavy (non-hydrogen) atoms. The normalized spacial score (nSPS) is 28.8. The van der Waals surface area contributed by atoms with Crippen molar-refractivity contribution in [3.63, 3.8) is 0 Å². The fourth-order valence-electron chi connectivity index (χ4n) is 2.57. The topological polar surface area (TPSA) is 38.0 Å². The summed E-state index contributed by atoms with van der Waals surface area (Å²) in [4.78, 5) is 0. The molecule has 2 heteroatoms. The van der Waals surface area contributed by atoms with Gasteiger partial charge in [0.1, 0.15) is 0 Å². The van der Waals surface area contributed by atoms with E-state index in [1.54, 1.807) is 0 Å². The fourth-order valence-corrected chi connectivity index (χ4v) is 2.57. The summed E-state index contributed by atoms with van der Waals surface area (Å²) in [6.07, 6.45) is 8.00. The van der Waals surface area contributed by atoms with Gasteiger partial charge in [-0.25, -0.2) is 0 Å². The van der Waals surface area contributed by atoms with Crippen LogP contribution in [0.1, 0.15) is 66.2 Å². The summed E-state index contributed by atoms with van der Waals surface area (Å²) in [5, 5.41) is 3.71. The van der Waals surface area contributed by atoms with Crippen molar-refractivity contribution >= 4 is 0 Å². The summed E-state index contributed by atoms with van der Waals surface area (Å²) in [5.74, 6) is 0.929. The first-order chi connectivity index (χ1) is 7.89. The third kappa shape index (κ3) is 5.87. The molecule has 0 saturated heterocycles. The molecule has 1 fully saturated rings. The first kappa shape index (κ1) is 15.0. The first-order valence-corrected chi connectivity index (χ1v) is 7.38. The highest BCUT2D eigenvalue weighted by atomic mass is 14.9. The van der Waals surface area contributed by atoms with Gasteiger partial charge in [0.15, 0.2) is 0 Å². The summed E-state index contributed by atoms with van der Waals surface area (Å²) >= 11 is 0. The standard InChI is InChI=1S/C15H32N2/c1-12-6-5-7-13(9-8-12)17-11-10-14(16)15(2,3)4/h12-14,17H,5-11,16H2,1-4H3. The van der Waals surface area contributed by atoms with Gasteiger partial charge < -0.3 is 11.1 Å². The molecular weight excluding hydrogens is 208 g/mol. The minimum absolute atomic E-state index is 0.236. The van der Waals surface area contributed by atoms with Crippen LogP contribution in [0, 0.1) is 11.3 Å². The summed E-state index contributed by atoms with van der Waals surface area (Å²) < 4.78 is 0. The molecule has 3 N–H and O–H groups in total. The van der Waals surface area contributed by atoms with E-state index in [2.05, 4.69) is 33.0 Å². The highest BCUT2D eigenvalue weighted by Gasteiger charge is 2.21. The van der Waals surface area contributed by atoms with Gasteiger partial charge in [0.05, 0.1) is 0 Å². The number of hydrogen-bond donors (Lipinski definition) is 2. The summed E-state index contributed by atoms with van der Waals surface area (Å²) in [6, 6.07) is 1.05. The molecule has 1 saturated carbocycles. The van der Waals surface area contributed by atoms with E-state index in [0.717, 1.165) is 24.9 Å². The monoisotopic (exact) mass is 240 g/mol. The van der Waals surface area contributed by atoms with Gasteiger partial charge in [0.25, 0.3) is 0 Å². The van der Waals surface area contributed by atoms with Crippen LogP contribution in [-0.4, -0.2) is 18.6 Å². The van der Waals surface area contributed by atoms with Crippen LogP contribution >= 0.6 is 0 Å². The Morgan fingerprint density at radius 2 is 1.88 bits per heavy atom. The van der Waals surface area contributed by atoms with E-state index in [0.29, 0.717) is 6.04 Å². The zero-order valence-electron chi connectivity index (χ0n) is 12.3. The summed E-state index contributed by atoms with van der Waals surface area (Å²) in [5.41, 5.74) is 6.42. The molecule has 102 valence electrons. The van der Waals surface area contributed by atoms with Crippen LogP contribution in [-0.2, 0) is 0 Å². The molecule has 0 heterocycles. The molecule has 0 radical (unpaired) electrons. The number of nitrogens with two attached hydrogens (primary N) is 1. The first-order valence-electron chi connectivity index (χ1n) is 7.38. The predicted octanol–water partition coefficient (Wildman–Crippen LogP) is 3.31. The molecule has 0 amide bonds. The minimum atomic E-state index is 0.236. The molecule has 0 aromatic rings. The zero-order valence-corrected chi connectivity index (χ0v) is 12.3. The van der Waals surface area contributed by atoms with Crippen molar-refractivity contribution in [1.29, 1.82) is 0 Å². The van der Waals surface area contributed by atoms with E-state index in [9.17, 15) is 0 Å². The van der Waals surface area contributed by atoms with Gasteiger partial charge in [-0.3, -0.25) is 0 Å². The van der Waals surface area contributed by atoms with Gasteiger partial charge in [0.2, 0.25) is 0 Å². The highest BCUT2D eigenvalue weighted by Crippen LogP contribution is 2.23. The van der Waals surface area contributed by atoms with E-state index >= 15 is 0 Å². The maximum Gasteiger partial charge on any atom is 0.00997 e. The van der Waals surface area contributed by atoms with E-state index in [1.807, 2.05) is 0 Å². The SMILES string of the molecule is CC1CCCC(NCCC(N)C(C)(C)C)CC1. The van der Waals surface area contributed by atoms with Crippen molar-refractivity contribution in [1.82, 2.24) is 5.32 Å². The van der Waals surface area contributed by atoms with Crippen LogP contribution in [0.5, 0.6) is 0 Å². The second-order valence-corrected chi connectivity index (χ2v) is 7.03. The van der Waals surface area contributed by atoms with E-state index in [-0.39, 0.29) is 5.41 Å². The molecule has 2 nitrogen and oxygen atoms in total. The van der Waals surface area contributed by atoms with Crippen LogP contribution < -0.4 is 11.1 Å². The number of rotatable bonds is 4. The molecule has 1 aliphatic carbocycles. The van der Waals surface area contributed by atoms with E-state index < -0.39 is 0 Å². The largest absolute Gasteiger partial charge is 0.327 e. The second-order valence-electron chi connectivity index (χ2n) is 7.03. The van der Waals surface area contributed by atoms with Gasteiger partial charge in [0, 0.05) is 12.1 Å². The maximum absolute atomic E-state index is 6.18. The Labute approximate surface area is 108 Å². The molecule has 3 atom stereocenters. The van der Waals surface area contributed by atoms with Crippen LogP contribution in [0.3, 0.4) is 0 Å². The Morgan fingerprint density at radius 3 is 2.53 bits per heavy atom. The smallest absolute Gasteiger partial charge is 0.00997 e. The van der Waals surface area contributed by atoms with E-state index in [4.69, 9.17) is 5.73 Å². The van der Waals surface area contributed by atoms with Crippen molar-refractivity contribution in [2.45, 2.75) is 78.3 Å². The fraction of sp³-hybridized carbons (Fsp3) is 1.00. The van der Waals surface area contributed by atoms with Gasteiger partial charge >= 0.3 is 0 Å². The molecule has 0 aliphatic heterocycles. The van der Waals surface area contributed by atoms with E-state index in [1.165, 1.54) is 32.1 Å². The molecule has 3 unspecified atom stereocenters. The molecular formula is C15H32N2. The van der Waals surface area contributed by atoms with Gasteiger partial charge in [-0.2, -0.15) is 0 Å². The van der Waals surface area contributed by atoms with Gasteiger partial charge in [-0.15, -0.1) is 0 Å². The highest BCUT2D eigenvalue weighted by molar-refractivity contribution is 4.79. The van der Waals surface area contributed by atoms with Crippen molar-refractivity contribution in [3.8, 4) is 0 Å². The summed E-state index contributed by atoms with van der Waals surface area (Å²) in [7, 11) is 0. The number of hydrogen-bond acceptors (Lipinski definition) is 2. The second kappa shape index (κ2) is 6.75. The Hall–Kier alpha value is -0.0800. The molecule has 1 aliphatic rings. The maximum atomic E-state index is 6.18. The van der Waals surface area contributed by atoms with Crippen LogP contribution in [0.15, 0.2) is 0 Å². The van der Waals surface area contributed by atoms with Crippen LogP contribution in [0.2, 0.25) is 0 Å². The Kier molecular flexibility index (Phi) is 5.94. The molecule has 0 spiro atoms. The third-order valence-electron chi connectivity index (χ3n) is 4.26. The Balaban J connectivity index is 2.18. The van der Waals surface area contributed by atoms with Crippen LogP contribution in [0.25, 0.3) is 0 Å². The lowest BCUT2D eigenvalue weighted by atomic mass is 9.85. The van der Waals surface area contributed by atoms with Crippen molar-refractivity contribution in [3.05, 3.63) is 0 Å². The van der Waals surface area contributed by atoms with Crippen molar-refractivity contribution < 1.29 is 0 Å². The lowest BCUT2D eigenvalue weighted by Gasteiger charge is -2.28. The minimum Gasteiger partial charge on any atom is -0.327 e. The molecule has 1 rings (SSSR count). The van der Waals surface area contributed by atoms with Gasteiger partial charge in [-0.1, -0.05) is 40.5 Å². The van der Waals surface area contributed by atoms with Crippen molar-refractivity contribution in [2.75, 3.05) is 6.54 Å².